The van der Waals surface area contributed by atoms with Gasteiger partial charge < -0.3 is 10.1 Å². The number of nitrogens with one attached hydrogen (secondary N) is 3. The number of carbonyl (C=O) groups excluding carboxylic acids is 2. The van der Waals surface area contributed by atoms with Gasteiger partial charge in [-0.3, -0.25) is 4.79 Å². The van der Waals surface area contributed by atoms with E-state index in [-0.39, 0.29) is 18.9 Å². The summed E-state index contributed by atoms with van der Waals surface area (Å²) in [7, 11) is -4.01. The highest BCUT2D eigenvalue weighted by atomic mass is 32.2. The fourth-order valence-corrected chi connectivity index (χ4v) is 5.13. The molecule has 1 heterocycles. The van der Waals surface area contributed by atoms with Gasteiger partial charge in [-0.05, 0) is 39.2 Å². The summed E-state index contributed by atoms with van der Waals surface area (Å²) in [6, 6.07) is 19.8. The summed E-state index contributed by atoms with van der Waals surface area (Å²) in [6.07, 6.45) is 0.963. The number of hydrogen-bond acceptors (Lipinski definition) is 7. The standard InChI is InChI=1S/C26H32N4O5S2/c1-26(2,3)35-25(32)30-37(33,34)27-18-12-6-11-17-21(31)28-24-29-22(19-13-7-4-8-14-19)23(36-24)20-15-9-5-10-16-20/h4-5,7-10,13-16,27H,6,11-12,17-18H2,1-3H3,(H,30,32)(H,28,29,31). The van der Waals surface area contributed by atoms with E-state index in [2.05, 4.69) is 10.0 Å². The summed E-state index contributed by atoms with van der Waals surface area (Å²) in [5, 5.41) is 3.42. The number of rotatable bonds is 11. The molecule has 0 unspecified atom stereocenters. The van der Waals surface area contributed by atoms with Gasteiger partial charge in [0.1, 0.15) is 5.60 Å². The van der Waals surface area contributed by atoms with Gasteiger partial charge in [-0.15, -0.1) is 0 Å². The maximum Gasteiger partial charge on any atom is 0.422 e. The van der Waals surface area contributed by atoms with Crippen LogP contribution in [0.5, 0.6) is 0 Å². The number of anilines is 1. The molecule has 0 aliphatic heterocycles. The summed E-state index contributed by atoms with van der Waals surface area (Å²) >= 11 is 1.43. The van der Waals surface area contributed by atoms with Crippen LogP contribution < -0.4 is 14.8 Å². The molecule has 0 radical (unpaired) electrons. The lowest BCUT2D eigenvalue weighted by molar-refractivity contribution is -0.116. The van der Waals surface area contributed by atoms with Gasteiger partial charge in [-0.2, -0.15) is 13.1 Å². The second kappa shape index (κ2) is 12.8. The Bertz CT molecular complexity index is 1230. The summed E-state index contributed by atoms with van der Waals surface area (Å²) in [6.45, 7) is 5.05. The average molecular weight is 545 g/mol. The van der Waals surface area contributed by atoms with Crippen molar-refractivity contribution in [2.75, 3.05) is 11.9 Å². The lowest BCUT2D eigenvalue weighted by Crippen LogP contribution is -2.43. The highest BCUT2D eigenvalue weighted by molar-refractivity contribution is 7.88. The summed E-state index contributed by atoms with van der Waals surface area (Å²) < 4.78 is 32.9. The van der Waals surface area contributed by atoms with Gasteiger partial charge in [-0.1, -0.05) is 78.4 Å². The van der Waals surface area contributed by atoms with E-state index in [0.717, 1.165) is 21.7 Å². The van der Waals surface area contributed by atoms with E-state index in [1.54, 1.807) is 20.8 Å². The van der Waals surface area contributed by atoms with Crippen molar-refractivity contribution in [3.63, 3.8) is 0 Å². The fourth-order valence-electron chi connectivity index (χ4n) is 3.37. The third kappa shape index (κ3) is 9.60. The van der Waals surface area contributed by atoms with Gasteiger partial charge in [0, 0.05) is 18.5 Å². The Morgan fingerprint density at radius 3 is 2.16 bits per heavy atom. The number of hydrogen-bond donors (Lipinski definition) is 3. The first-order chi connectivity index (χ1) is 17.5. The Balaban J connectivity index is 1.46. The Morgan fingerprint density at radius 2 is 1.54 bits per heavy atom. The minimum atomic E-state index is -4.01. The first-order valence-corrected chi connectivity index (χ1v) is 14.2. The van der Waals surface area contributed by atoms with E-state index in [4.69, 9.17) is 9.72 Å². The number of benzene rings is 2. The number of unbranched alkanes of at least 4 members (excludes halogenated alkanes) is 2. The Labute approximate surface area is 221 Å². The molecule has 0 saturated carbocycles. The van der Waals surface area contributed by atoms with Crippen LogP contribution in [-0.2, 0) is 19.7 Å². The SMILES string of the molecule is CC(C)(C)OC(=O)NS(=O)(=O)NCCCCCC(=O)Nc1nc(-c2ccccc2)c(-c2ccccc2)s1. The van der Waals surface area contributed by atoms with Crippen molar-refractivity contribution in [1.29, 1.82) is 0 Å². The van der Waals surface area contributed by atoms with Crippen LogP contribution in [0.1, 0.15) is 46.5 Å². The van der Waals surface area contributed by atoms with Crippen molar-refractivity contribution in [1.82, 2.24) is 14.4 Å². The van der Waals surface area contributed by atoms with Gasteiger partial charge >= 0.3 is 16.3 Å². The van der Waals surface area contributed by atoms with E-state index in [1.807, 2.05) is 65.4 Å². The monoisotopic (exact) mass is 544 g/mol. The van der Waals surface area contributed by atoms with Crippen LogP contribution in [0.4, 0.5) is 9.93 Å². The quantitative estimate of drug-likeness (QED) is 0.280. The molecule has 0 spiro atoms. The first kappa shape index (κ1) is 28.3. The Hall–Kier alpha value is -3.28. The van der Waals surface area contributed by atoms with Gasteiger partial charge in [0.25, 0.3) is 0 Å². The van der Waals surface area contributed by atoms with Crippen LogP contribution in [0.3, 0.4) is 0 Å². The van der Waals surface area contributed by atoms with E-state index < -0.39 is 21.9 Å². The largest absolute Gasteiger partial charge is 0.443 e. The van der Waals surface area contributed by atoms with E-state index in [9.17, 15) is 18.0 Å². The molecule has 0 aliphatic rings. The van der Waals surface area contributed by atoms with Gasteiger partial charge in [0.05, 0.1) is 10.6 Å². The predicted molar refractivity (Wildman–Crippen MR) is 146 cm³/mol. The number of amides is 2. The molecule has 37 heavy (non-hydrogen) atoms. The highest BCUT2D eigenvalue weighted by Crippen LogP contribution is 2.38. The molecule has 0 atom stereocenters. The smallest absolute Gasteiger partial charge is 0.422 e. The molecule has 0 fully saturated rings. The lowest BCUT2D eigenvalue weighted by atomic mass is 10.1. The van der Waals surface area contributed by atoms with E-state index >= 15 is 0 Å². The van der Waals surface area contributed by atoms with Gasteiger partial charge in [0.2, 0.25) is 5.91 Å². The minimum absolute atomic E-state index is 0.132. The molecule has 3 N–H and O–H groups in total. The lowest BCUT2D eigenvalue weighted by Gasteiger charge is -2.19. The predicted octanol–water partition coefficient (Wildman–Crippen LogP) is 5.34. The molecule has 3 rings (SSSR count). The number of thiazole rings is 1. The van der Waals surface area contributed by atoms with E-state index in [1.165, 1.54) is 11.3 Å². The molecule has 3 aromatic rings. The molecule has 0 aliphatic carbocycles. The molecule has 1 aromatic heterocycles. The third-order valence-corrected chi connectivity index (χ3v) is 6.99. The number of carbonyl (C=O) groups is 2. The van der Waals surface area contributed by atoms with Gasteiger partial charge in [0.15, 0.2) is 5.13 Å². The minimum Gasteiger partial charge on any atom is -0.443 e. The molecule has 0 saturated heterocycles. The second-order valence-electron chi connectivity index (χ2n) is 9.29. The normalized spacial score (nSPS) is 11.6. The molecule has 2 aromatic carbocycles. The van der Waals surface area contributed by atoms with Crippen molar-refractivity contribution in [3.8, 4) is 21.7 Å². The summed E-state index contributed by atoms with van der Waals surface area (Å²) in [5.41, 5.74) is 2.02. The fraction of sp³-hybridized carbons (Fsp3) is 0.346. The third-order valence-electron chi connectivity index (χ3n) is 4.95. The number of ether oxygens (including phenoxy) is 1. The second-order valence-corrected chi connectivity index (χ2v) is 11.8. The zero-order valence-electron chi connectivity index (χ0n) is 21.1. The maximum absolute atomic E-state index is 12.5. The molecule has 0 bridgehead atoms. The van der Waals surface area contributed by atoms with Crippen LogP contribution >= 0.6 is 11.3 Å². The number of aromatic nitrogens is 1. The van der Waals surface area contributed by atoms with Crippen LogP contribution in [0.2, 0.25) is 0 Å². The molecule has 198 valence electrons. The summed E-state index contributed by atoms with van der Waals surface area (Å²) in [4.78, 5) is 29.8. The zero-order valence-corrected chi connectivity index (χ0v) is 22.7. The maximum atomic E-state index is 12.5. The first-order valence-electron chi connectivity index (χ1n) is 11.9. The van der Waals surface area contributed by atoms with Crippen molar-refractivity contribution in [2.24, 2.45) is 0 Å². The zero-order chi connectivity index (χ0) is 26.9. The van der Waals surface area contributed by atoms with Crippen molar-refractivity contribution < 1.29 is 22.7 Å². The molecular weight excluding hydrogens is 512 g/mol. The van der Waals surface area contributed by atoms with Crippen LogP contribution in [0.15, 0.2) is 60.7 Å². The Morgan fingerprint density at radius 1 is 0.919 bits per heavy atom. The van der Waals surface area contributed by atoms with Crippen molar-refractivity contribution in [2.45, 2.75) is 52.1 Å². The molecule has 9 nitrogen and oxygen atoms in total. The average Bonchev–Trinajstić information content (AvgIpc) is 3.24. The highest BCUT2D eigenvalue weighted by Gasteiger charge is 2.21. The van der Waals surface area contributed by atoms with E-state index in [0.29, 0.717) is 24.4 Å². The van der Waals surface area contributed by atoms with Crippen molar-refractivity contribution in [3.05, 3.63) is 60.7 Å². The Kier molecular flexibility index (Phi) is 9.79. The topological polar surface area (TPSA) is 126 Å². The number of nitrogens with zero attached hydrogens (tertiary/aromatic N) is 1. The van der Waals surface area contributed by atoms with Crippen LogP contribution in [0, 0.1) is 0 Å². The summed E-state index contributed by atoms with van der Waals surface area (Å²) in [5.74, 6) is -0.153. The molecule has 11 heteroatoms. The van der Waals surface area contributed by atoms with Gasteiger partial charge in [-0.25, -0.2) is 14.5 Å². The van der Waals surface area contributed by atoms with Crippen LogP contribution in [0.25, 0.3) is 21.7 Å². The van der Waals surface area contributed by atoms with Crippen molar-refractivity contribution >= 4 is 38.7 Å². The van der Waals surface area contributed by atoms with Crippen LogP contribution in [-0.4, -0.2) is 37.5 Å². The molecule has 2 amide bonds. The molecular formula is C26H32N4O5S2.